The van der Waals surface area contributed by atoms with Crippen LogP contribution in [-0.4, -0.2) is 25.4 Å². The third kappa shape index (κ3) is 3.17. The van der Waals surface area contributed by atoms with E-state index >= 15 is 0 Å². The number of fused-ring (bicyclic) bond motifs is 1. The summed E-state index contributed by atoms with van der Waals surface area (Å²) >= 11 is 1.56. The summed E-state index contributed by atoms with van der Waals surface area (Å²) in [7, 11) is 3.24. The zero-order valence-electron chi connectivity index (χ0n) is 12.2. The van der Waals surface area contributed by atoms with Gasteiger partial charge in [-0.05, 0) is 24.3 Å². The van der Waals surface area contributed by atoms with Crippen molar-refractivity contribution in [3.05, 3.63) is 48.0 Å². The maximum Gasteiger partial charge on any atom is 0.204 e. The Labute approximate surface area is 132 Å². The predicted molar refractivity (Wildman–Crippen MR) is 90.4 cm³/mol. The van der Waals surface area contributed by atoms with E-state index in [2.05, 4.69) is 15.5 Å². The molecule has 0 aliphatic carbocycles. The molecule has 0 radical (unpaired) electrons. The summed E-state index contributed by atoms with van der Waals surface area (Å²) in [5, 5.41) is 4.98. The standard InChI is InChI=1S/C16H15N3O2S/c1-20-12-7-11(8-13(9-12)21-2)10-17-19-16-18-14-5-3-4-6-15(14)22-16/h3-10H,1-2H3,(H,18,19)/b17-10+. The fourth-order valence-corrected chi connectivity index (χ4v) is 2.80. The van der Waals surface area contributed by atoms with Crippen molar-refractivity contribution in [1.29, 1.82) is 0 Å². The smallest absolute Gasteiger partial charge is 0.204 e. The summed E-state index contributed by atoms with van der Waals surface area (Å²) in [4.78, 5) is 4.46. The topological polar surface area (TPSA) is 55.7 Å². The summed E-state index contributed by atoms with van der Waals surface area (Å²) in [6.07, 6.45) is 1.71. The highest BCUT2D eigenvalue weighted by Gasteiger charge is 2.02. The van der Waals surface area contributed by atoms with E-state index in [4.69, 9.17) is 9.47 Å². The van der Waals surface area contributed by atoms with Crippen LogP contribution in [0.2, 0.25) is 0 Å². The van der Waals surface area contributed by atoms with Gasteiger partial charge < -0.3 is 9.47 Å². The third-order valence-electron chi connectivity index (χ3n) is 3.04. The van der Waals surface area contributed by atoms with Crippen LogP contribution < -0.4 is 14.9 Å². The number of methoxy groups -OCH3 is 2. The normalized spacial score (nSPS) is 11.0. The van der Waals surface area contributed by atoms with Gasteiger partial charge in [-0.25, -0.2) is 4.98 Å². The molecule has 0 unspecified atom stereocenters. The molecule has 1 N–H and O–H groups in total. The Hall–Kier alpha value is -2.60. The predicted octanol–water partition coefficient (Wildman–Crippen LogP) is 3.76. The number of thiazole rings is 1. The molecule has 0 saturated carbocycles. The van der Waals surface area contributed by atoms with Crippen LogP contribution >= 0.6 is 11.3 Å². The lowest BCUT2D eigenvalue weighted by atomic mass is 10.2. The van der Waals surface area contributed by atoms with E-state index in [0.717, 1.165) is 32.4 Å². The van der Waals surface area contributed by atoms with Gasteiger partial charge in [-0.1, -0.05) is 23.5 Å². The van der Waals surface area contributed by atoms with Crippen LogP contribution in [-0.2, 0) is 0 Å². The van der Waals surface area contributed by atoms with Gasteiger partial charge in [0.05, 0.1) is 30.7 Å². The minimum Gasteiger partial charge on any atom is -0.497 e. The summed E-state index contributed by atoms with van der Waals surface area (Å²) < 4.78 is 11.6. The quantitative estimate of drug-likeness (QED) is 0.575. The maximum absolute atomic E-state index is 5.23. The van der Waals surface area contributed by atoms with E-state index in [-0.39, 0.29) is 0 Å². The maximum atomic E-state index is 5.23. The van der Waals surface area contributed by atoms with Crippen LogP contribution in [0.5, 0.6) is 11.5 Å². The SMILES string of the molecule is COc1cc(/C=N/Nc2nc3ccccc3s2)cc(OC)c1. The number of nitrogens with one attached hydrogen (secondary N) is 1. The molecule has 0 bridgehead atoms. The number of benzene rings is 2. The largest absolute Gasteiger partial charge is 0.497 e. The lowest BCUT2D eigenvalue weighted by Gasteiger charge is -2.05. The van der Waals surface area contributed by atoms with Crippen LogP contribution in [0.3, 0.4) is 0 Å². The monoisotopic (exact) mass is 313 g/mol. The van der Waals surface area contributed by atoms with Crippen molar-refractivity contribution < 1.29 is 9.47 Å². The highest BCUT2D eigenvalue weighted by atomic mass is 32.1. The fourth-order valence-electron chi connectivity index (χ4n) is 1.99. The van der Waals surface area contributed by atoms with Crippen molar-refractivity contribution in [2.45, 2.75) is 0 Å². The van der Waals surface area contributed by atoms with Gasteiger partial charge in [0.1, 0.15) is 11.5 Å². The van der Waals surface area contributed by atoms with E-state index in [1.54, 1.807) is 31.8 Å². The zero-order valence-corrected chi connectivity index (χ0v) is 13.1. The number of hydrogen-bond donors (Lipinski definition) is 1. The second-order valence-electron chi connectivity index (χ2n) is 4.50. The van der Waals surface area contributed by atoms with Gasteiger partial charge in [-0.15, -0.1) is 0 Å². The lowest BCUT2D eigenvalue weighted by Crippen LogP contribution is -1.93. The molecule has 0 saturated heterocycles. The van der Waals surface area contributed by atoms with Crippen LogP contribution in [0.15, 0.2) is 47.6 Å². The molecule has 22 heavy (non-hydrogen) atoms. The summed E-state index contributed by atoms with van der Waals surface area (Å²) in [6, 6.07) is 13.6. The lowest BCUT2D eigenvalue weighted by molar-refractivity contribution is 0.394. The molecule has 1 heterocycles. The Kier molecular flexibility index (Phi) is 4.20. The number of aromatic nitrogens is 1. The van der Waals surface area contributed by atoms with Crippen molar-refractivity contribution in [1.82, 2.24) is 4.98 Å². The summed E-state index contributed by atoms with van der Waals surface area (Å²) in [5.41, 5.74) is 4.80. The van der Waals surface area contributed by atoms with E-state index < -0.39 is 0 Å². The number of ether oxygens (including phenoxy) is 2. The van der Waals surface area contributed by atoms with Gasteiger partial charge in [0, 0.05) is 11.6 Å². The summed E-state index contributed by atoms with van der Waals surface area (Å²) in [5.74, 6) is 1.45. The zero-order chi connectivity index (χ0) is 15.4. The number of hydrogen-bond acceptors (Lipinski definition) is 6. The molecule has 0 spiro atoms. The van der Waals surface area contributed by atoms with Crippen LogP contribution in [0.1, 0.15) is 5.56 Å². The van der Waals surface area contributed by atoms with Crippen molar-refractivity contribution in [2.24, 2.45) is 5.10 Å². The molecule has 5 nitrogen and oxygen atoms in total. The van der Waals surface area contributed by atoms with Crippen LogP contribution in [0.25, 0.3) is 10.2 Å². The van der Waals surface area contributed by atoms with Gasteiger partial charge in [-0.3, -0.25) is 5.43 Å². The molecule has 3 aromatic rings. The van der Waals surface area contributed by atoms with Crippen LogP contribution in [0.4, 0.5) is 5.13 Å². The Morgan fingerprint density at radius 2 is 1.82 bits per heavy atom. The van der Waals surface area contributed by atoms with Crippen LogP contribution in [0, 0.1) is 0 Å². The van der Waals surface area contributed by atoms with Gasteiger partial charge >= 0.3 is 0 Å². The van der Waals surface area contributed by atoms with E-state index in [0.29, 0.717) is 0 Å². The van der Waals surface area contributed by atoms with E-state index in [1.165, 1.54) is 0 Å². The molecule has 0 aliphatic rings. The highest BCUT2D eigenvalue weighted by molar-refractivity contribution is 7.22. The first kappa shape index (κ1) is 14.3. The minimum absolute atomic E-state index is 0.723. The molecule has 0 atom stereocenters. The summed E-state index contributed by atoms with van der Waals surface area (Å²) in [6.45, 7) is 0. The van der Waals surface area contributed by atoms with Gasteiger partial charge in [0.2, 0.25) is 5.13 Å². The first-order valence-electron chi connectivity index (χ1n) is 6.66. The molecule has 0 fully saturated rings. The fraction of sp³-hybridized carbons (Fsp3) is 0.125. The average Bonchev–Trinajstić information content (AvgIpc) is 2.97. The van der Waals surface area contributed by atoms with E-state index in [1.807, 2.05) is 42.5 Å². The second-order valence-corrected chi connectivity index (χ2v) is 5.53. The second kappa shape index (κ2) is 6.44. The number of para-hydroxylation sites is 1. The molecule has 3 rings (SSSR count). The first-order chi connectivity index (χ1) is 10.8. The molecular weight excluding hydrogens is 298 g/mol. The van der Waals surface area contributed by atoms with E-state index in [9.17, 15) is 0 Å². The number of nitrogens with zero attached hydrogens (tertiary/aromatic N) is 2. The molecule has 0 amide bonds. The molecule has 112 valence electrons. The molecule has 0 aliphatic heterocycles. The third-order valence-corrected chi connectivity index (χ3v) is 3.98. The first-order valence-corrected chi connectivity index (χ1v) is 7.48. The Morgan fingerprint density at radius 1 is 1.09 bits per heavy atom. The highest BCUT2D eigenvalue weighted by Crippen LogP contribution is 2.25. The Balaban J connectivity index is 1.76. The van der Waals surface area contributed by atoms with Crippen molar-refractivity contribution in [2.75, 3.05) is 19.6 Å². The molecule has 6 heteroatoms. The van der Waals surface area contributed by atoms with Crippen molar-refractivity contribution in [3.63, 3.8) is 0 Å². The minimum atomic E-state index is 0.723. The van der Waals surface area contributed by atoms with Crippen molar-refractivity contribution >= 4 is 32.9 Å². The van der Waals surface area contributed by atoms with Gasteiger partial charge in [0.15, 0.2) is 0 Å². The number of hydrazone groups is 1. The van der Waals surface area contributed by atoms with Gasteiger partial charge in [0.25, 0.3) is 0 Å². The molecule has 1 aromatic heterocycles. The number of rotatable bonds is 5. The molecular formula is C16H15N3O2S. The number of anilines is 1. The Morgan fingerprint density at radius 3 is 2.50 bits per heavy atom. The van der Waals surface area contributed by atoms with Gasteiger partial charge in [-0.2, -0.15) is 5.10 Å². The van der Waals surface area contributed by atoms with Crippen molar-refractivity contribution in [3.8, 4) is 11.5 Å². The molecule has 2 aromatic carbocycles. The Bertz CT molecular complexity index is 759. The average molecular weight is 313 g/mol.